The van der Waals surface area contributed by atoms with Gasteiger partial charge in [-0.3, -0.25) is 33.6 Å². The highest BCUT2D eigenvalue weighted by molar-refractivity contribution is 5.97. The molecule has 15 N–H and O–H groups in total. The number of unbranched alkanes of at least 4 members (excludes halogenated alkanes) is 1. The molecule has 2 unspecified atom stereocenters. The average molecular weight is 736 g/mol. The molecule has 7 atom stereocenters. The van der Waals surface area contributed by atoms with E-state index in [0.717, 1.165) is 6.42 Å². The van der Waals surface area contributed by atoms with Crippen molar-refractivity contribution in [1.29, 1.82) is 0 Å². The Bertz CT molecular complexity index is 1350. The van der Waals surface area contributed by atoms with Gasteiger partial charge in [-0.1, -0.05) is 32.4 Å². The highest BCUT2D eigenvalue weighted by Gasteiger charge is 2.34. The van der Waals surface area contributed by atoms with Crippen molar-refractivity contribution in [2.24, 2.45) is 28.9 Å². The number of nitrogens with two attached hydrogens (primary N) is 4. The van der Waals surface area contributed by atoms with Crippen LogP contribution in [0, 0.1) is 5.92 Å². The molecule has 0 heterocycles. The van der Waals surface area contributed by atoms with E-state index in [0.29, 0.717) is 37.8 Å². The third-order valence-electron chi connectivity index (χ3n) is 8.36. The number of aliphatic carboxylic acids is 1. The van der Waals surface area contributed by atoms with Gasteiger partial charge >= 0.3 is 5.97 Å². The molecular weight excluding hydrogens is 678 g/mol. The fourth-order valence-electron chi connectivity index (χ4n) is 5.01. The van der Waals surface area contributed by atoms with Crippen LogP contribution in [-0.4, -0.2) is 101 Å². The zero-order chi connectivity index (χ0) is 39.4. The molecule has 18 heteroatoms. The van der Waals surface area contributed by atoms with Crippen molar-refractivity contribution in [3.8, 4) is 5.75 Å². The quantitative estimate of drug-likeness (QED) is 0.0485. The van der Waals surface area contributed by atoms with Crippen LogP contribution in [0.1, 0.15) is 77.7 Å². The summed E-state index contributed by atoms with van der Waals surface area (Å²) in [4.78, 5) is 90.3. The Morgan fingerprint density at radius 1 is 0.712 bits per heavy atom. The minimum absolute atomic E-state index is 0.0411. The first kappa shape index (κ1) is 45.2. The standard InChI is InChI=1S/C34H57N9O9/c1-4-19(2)16-28(46)43-29(23(37)8-7-15-36)33(50)40-24(9-5-6-14-35)30(47)42-26(18-27(38)45)32(49)41-25(31(48)39-20(3)34(51)52)17-21-10-12-22(44)13-11-21/h10-13,19-20,23-26,29,44H,4-9,14-18,35-37H2,1-3H3,(H2,38,45)(H,39,48)(H,40,50)(H,41,49)(H,42,47)(H,43,46)(H,51,52)/t19-,20-,23?,24-,25-,26-,29?/m0/s1. The van der Waals surface area contributed by atoms with Crippen molar-refractivity contribution >= 4 is 41.4 Å². The van der Waals surface area contributed by atoms with Crippen LogP contribution in [-0.2, 0) is 40.0 Å². The number of hydrogen-bond acceptors (Lipinski definition) is 11. The second kappa shape index (κ2) is 23.6. The van der Waals surface area contributed by atoms with Gasteiger partial charge in [0.25, 0.3) is 0 Å². The Labute approximate surface area is 303 Å². The number of carboxylic acid groups (broad SMARTS) is 1. The van der Waals surface area contributed by atoms with E-state index in [-0.39, 0.29) is 37.5 Å². The van der Waals surface area contributed by atoms with Gasteiger partial charge in [0.15, 0.2) is 0 Å². The molecule has 0 spiro atoms. The molecule has 0 aliphatic heterocycles. The van der Waals surface area contributed by atoms with Gasteiger partial charge in [0, 0.05) is 18.9 Å². The normalized spacial score (nSPS) is 15.0. The van der Waals surface area contributed by atoms with Crippen molar-refractivity contribution in [3.63, 3.8) is 0 Å². The second-order valence-electron chi connectivity index (χ2n) is 12.9. The molecule has 6 amide bonds. The first-order valence-corrected chi connectivity index (χ1v) is 17.5. The molecule has 0 aliphatic rings. The van der Waals surface area contributed by atoms with E-state index in [4.69, 9.17) is 22.9 Å². The summed E-state index contributed by atoms with van der Waals surface area (Å²) in [5.74, 6) is -6.21. The summed E-state index contributed by atoms with van der Waals surface area (Å²) in [6.07, 6.45) is 1.72. The van der Waals surface area contributed by atoms with Crippen LogP contribution in [0.4, 0.5) is 0 Å². The smallest absolute Gasteiger partial charge is 0.325 e. The van der Waals surface area contributed by atoms with Gasteiger partial charge < -0.3 is 59.7 Å². The predicted octanol–water partition coefficient (Wildman–Crippen LogP) is -2.03. The van der Waals surface area contributed by atoms with Gasteiger partial charge in [0.05, 0.1) is 6.42 Å². The van der Waals surface area contributed by atoms with Crippen LogP contribution in [0.2, 0.25) is 0 Å². The van der Waals surface area contributed by atoms with Gasteiger partial charge in [-0.25, -0.2) is 0 Å². The first-order valence-electron chi connectivity index (χ1n) is 17.5. The topological polar surface area (TPSA) is 324 Å². The number of carbonyl (C=O) groups excluding carboxylic acids is 6. The molecular formula is C34H57N9O9. The SMILES string of the molecule is CC[C@H](C)CC(=O)NC(C(=O)N[C@@H](CCCCN)C(=O)N[C@@H](CC(N)=O)C(=O)N[C@@H](Cc1ccc(O)cc1)C(=O)N[C@@H](C)C(=O)O)C(N)CCCN. The van der Waals surface area contributed by atoms with Gasteiger partial charge in [0.1, 0.15) is 36.0 Å². The summed E-state index contributed by atoms with van der Waals surface area (Å²) in [5, 5.41) is 31.4. The number of aromatic hydroxyl groups is 1. The lowest BCUT2D eigenvalue weighted by molar-refractivity contribution is -0.142. The number of hydrogen-bond donors (Lipinski definition) is 11. The number of amides is 6. The summed E-state index contributed by atoms with van der Waals surface area (Å²) < 4.78 is 0. The monoisotopic (exact) mass is 735 g/mol. The van der Waals surface area contributed by atoms with E-state index < -0.39 is 84.1 Å². The van der Waals surface area contributed by atoms with Gasteiger partial charge in [-0.05, 0) is 75.7 Å². The molecule has 1 rings (SSSR count). The van der Waals surface area contributed by atoms with Crippen LogP contribution in [0.15, 0.2) is 24.3 Å². The molecule has 52 heavy (non-hydrogen) atoms. The van der Waals surface area contributed by atoms with E-state index in [9.17, 15) is 43.8 Å². The van der Waals surface area contributed by atoms with E-state index in [1.807, 2.05) is 13.8 Å². The Morgan fingerprint density at radius 2 is 1.27 bits per heavy atom. The highest BCUT2D eigenvalue weighted by Crippen LogP contribution is 2.13. The van der Waals surface area contributed by atoms with E-state index in [1.54, 1.807) is 0 Å². The number of nitrogens with one attached hydrogen (secondary N) is 5. The third kappa shape index (κ3) is 16.9. The molecule has 0 radical (unpaired) electrons. The maximum Gasteiger partial charge on any atom is 0.325 e. The molecule has 0 saturated carbocycles. The van der Waals surface area contributed by atoms with Gasteiger partial charge in [-0.15, -0.1) is 0 Å². The lowest BCUT2D eigenvalue weighted by Gasteiger charge is -2.28. The predicted molar refractivity (Wildman–Crippen MR) is 192 cm³/mol. The summed E-state index contributed by atoms with van der Waals surface area (Å²) in [6.45, 7) is 5.63. The largest absolute Gasteiger partial charge is 0.508 e. The maximum absolute atomic E-state index is 13.7. The van der Waals surface area contributed by atoms with Crippen molar-refractivity contribution in [1.82, 2.24) is 26.6 Å². The minimum Gasteiger partial charge on any atom is -0.508 e. The first-order chi connectivity index (χ1) is 24.5. The second-order valence-corrected chi connectivity index (χ2v) is 12.9. The molecule has 0 bridgehead atoms. The van der Waals surface area contributed by atoms with Gasteiger partial charge in [0.2, 0.25) is 35.4 Å². The number of phenols is 1. The number of carbonyl (C=O) groups is 7. The third-order valence-corrected chi connectivity index (χ3v) is 8.36. The highest BCUT2D eigenvalue weighted by atomic mass is 16.4. The molecule has 0 saturated heterocycles. The Balaban J connectivity index is 3.35. The number of phenolic OH excluding ortho intramolecular Hbond substituents is 1. The molecule has 0 aromatic heterocycles. The average Bonchev–Trinajstić information content (AvgIpc) is 3.08. The van der Waals surface area contributed by atoms with Crippen LogP contribution in [0.5, 0.6) is 5.75 Å². The van der Waals surface area contributed by atoms with Crippen molar-refractivity contribution in [2.45, 2.75) is 115 Å². The summed E-state index contributed by atoms with van der Waals surface area (Å²) in [7, 11) is 0. The molecule has 0 fully saturated rings. The number of carboxylic acids is 1. The molecule has 1 aromatic carbocycles. The number of primary amides is 1. The fourth-order valence-corrected chi connectivity index (χ4v) is 5.01. The van der Waals surface area contributed by atoms with E-state index >= 15 is 0 Å². The summed E-state index contributed by atoms with van der Waals surface area (Å²) >= 11 is 0. The molecule has 18 nitrogen and oxygen atoms in total. The zero-order valence-corrected chi connectivity index (χ0v) is 30.2. The summed E-state index contributed by atoms with van der Waals surface area (Å²) in [6, 6.07) is -1.98. The molecule has 1 aromatic rings. The summed E-state index contributed by atoms with van der Waals surface area (Å²) in [5.41, 5.74) is 23.5. The molecule has 0 aliphatic carbocycles. The Morgan fingerprint density at radius 3 is 1.83 bits per heavy atom. The van der Waals surface area contributed by atoms with E-state index in [2.05, 4.69) is 26.6 Å². The zero-order valence-electron chi connectivity index (χ0n) is 30.2. The van der Waals surface area contributed by atoms with Crippen LogP contribution < -0.4 is 49.5 Å². The van der Waals surface area contributed by atoms with Crippen LogP contribution >= 0.6 is 0 Å². The fraction of sp³-hybridized carbons (Fsp3) is 0.618. The Hall–Kier alpha value is -4.81. The number of rotatable bonds is 25. The van der Waals surface area contributed by atoms with Crippen molar-refractivity contribution in [3.05, 3.63) is 29.8 Å². The maximum atomic E-state index is 13.7. The van der Waals surface area contributed by atoms with Crippen LogP contribution in [0.3, 0.4) is 0 Å². The van der Waals surface area contributed by atoms with Crippen molar-refractivity contribution < 1.29 is 43.8 Å². The van der Waals surface area contributed by atoms with Gasteiger partial charge in [-0.2, -0.15) is 0 Å². The number of benzene rings is 1. The van der Waals surface area contributed by atoms with Crippen LogP contribution in [0.25, 0.3) is 0 Å². The lowest BCUT2D eigenvalue weighted by atomic mass is 9.99. The Kier molecular flexibility index (Phi) is 20.5. The minimum atomic E-state index is -1.62. The molecule has 292 valence electrons. The van der Waals surface area contributed by atoms with E-state index in [1.165, 1.54) is 31.2 Å². The lowest BCUT2D eigenvalue weighted by Crippen LogP contribution is -2.61. The van der Waals surface area contributed by atoms with Crippen molar-refractivity contribution in [2.75, 3.05) is 13.1 Å².